The maximum atomic E-state index is 9.87. The normalized spacial score (nSPS) is 14.2. The van der Waals surface area contributed by atoms with Crippen LogP contribution < -0.4 is 0 Å². The summed E-state index contributed by atoms with van der Waals surface area (Å²) in [5.74, 6) is 1.07. The third kappa shape index (κ3) is 4.80. The third-order valence-electron chi connectivity index (χ3n) is 7.26. The molecule has 0 bridgehead atoms. The molecule has 3 heterocycles. The number of H-pyrrole nitrogens is 2. The molecule has 37 heavy (non-hydrogen) atoms. The highest BCUT2D eigenvalue weighted by Crippen LogP contribution is 2.32. The largest absolute Gasteiger partial charge is 0.508 e. The third-order valence-corrected chi connectivity index (χ3v) is 7.26. The summed E-state index contributed by atoms with van der Waals surface area (Å²) in [5.41, 5.74) is 8.77. The van der Waals surface area contributed by atoms with Crippen molar-refractivity contribution in [3.05, 3.63) is 95.8 Å². The van der Waals surface area contributed by atoms with Crippen molar-refractivity contribution in [3.63, 3.8) is 0 Å². The highest BCUT2D eigenvalue weighted by molar-refractivity contribution is 5.94. The quantitative estimate of drug-likeness (QED) is 0.254. The second-order valence-corrected chi connectivity index (χ2v) is 9.69. The lowest BCUT2D eigenvalue weighted by molar-refractivity contribution is 0.308. The van der Waals surface area contributed by atoms with E-state index in [1.54, 1.807) is 6.07 Å². The van der Waals surface area contributed by atoms with Crippen LogP contribution in [0, 0.1) is 0 Å². The Morgan fingerprint density at radius 1 is 1.03 bits per heavy atom. The molecular weight excluding hydrogens is 458 g/mol. The summed E-state index contributed by atoms with van der Waals surface area (Å²) in [5, 5.41) is 18.7. The van der Waals surface area contributed by atoms with Crippen molar-refractivity contribution in [1.82, 2.24) is 25.1 Å². The first-order valence-corrected chi connectivity index (χ1v) is 13.0. The molecule has 3 N–H and O–H groups in total. The van der Waals surface area contributed by atoms with Crippen molar-refractivity contribution in [2.24, 2.45) is 0 Å². The Morgan fingerprint density at radius 2 is 1.92 bits per heavy atom. The molecule has 0 atom stereocenters. The number of nitrogens with zero attached hydrogens (tertiary/aromatic N) is 3. The minimum atomic E-state index is 0.298. The minimum Gasteiger partial charge on any atom is -0.508 e. The summed E-state index contributed by atoms with van der Waals surface area (Å²) < 4.78 is 0. The number of aromatic nitrogens is 4. The zero-order valence-corrected chi connectivity index (χ0v) is 21.0. The van der Waals surface area contributed by atoms with Crippen molar-refractivity contribution in [3.8, 4) is 28.4 Å². The molecule has 0 radical (unpaired) electrons. The highest BCUT2D eigenvalue weighted by atomic mass is 16.3. The standard InChI is InChI=1S/C31H31N5O/c1-2-22-17-25(37)11-13-26(22)23-10-12-27-28(18-23)34-35-30(27)31-32-19-29(33-31)24-9-6-15-36(20-24)16-14-21-7-4-3-5-8-21/h3-5,7-13,17-19,37H,2,6,14-16,20H2,1H3,(H,32,33)(H,34,35). The first-order valence-electron chi connectivity index (χ1n) is 13.0. The van der Waals surface area contributed by atoms with Crippen molar-refractivity contribution in [2.45, 2.75) is 26.2 Å². The van der Waals surface area contributed by atoms with Crippen molar-refractivity contribution >= 4 is 16.5 Å². The molecule has 0 fully saturated rings. The zero-order valence-electron chi connectivity index (χ0n) is 21.0. The second-order valence-electron chi connectivity index (χ2n) is 9.69. The number of aryl methyl sites for hydroxylation is 1. The number of nitrogens with one attached hydrogen (secondary N) is 2. The van der Waals surface area contributed by atoms with Crippen molar-refractivity contribution < 1.29 is 5.11 Å². The Labute approximate surface area is 216 Å². The summed E-state index contributed by atoms with van der Waals surface area (Å²) in [6.45, 7) is 5.14. The van der Waals surface area contributed by atoms with Gasteiger partial charge in [-0.05, 0) is 71.4 Å². The van der Waals surface area contributed by atoms with E-state index in [2.05, 4.69) is 81.6 Å². The van der Waals surface area contributed by atoms with Crippen LogP contribution >= 0.6 is 0 Å². The molecule has 5 aromatic rings. The number of aromatic hydroxyl groups is 1. The Kier molecular flexibility index (Phi) is 6.33. The van der Waals surface area contributed by atoms with E-state index in [0.717, 1.165) is 83.7 Å². The molecular formula is C31H31N5O. The van der Waals surface area contributed by atoms with Gasteiger partial charge in [0.05, 0.1) is 11.2 Å². The van der Waals surface area contributed by atoms with Crippen LogP contribution in [0.5, 0.6) is 5.75 Å². The number of fused-ring (bicyclic) bond motifs is 1. The Balaban J connectivity index is 1.20. The molecule has 3 aromatic carbocycles. The molecule has 0 spiro atoms. The van der Waals surface area contributed by atoms with Gasteiger partial charge in [0.15, 0.2) is 5.82 Å². The Hall–Kier alpha value is -4.16. The van der Waals surface area contributed by atoms with Gasteiger partial charge >= 0.3 is 0 Å². The molecule has 0 aliphatic carbocycles. The van der Waals surface area contributed by atoms with Gasteiger partial charge in [-0.3, -0.25) is 10.00 Å². The summed E-state index contributed by atoms with van der Waals surface area (Å²) in [6, 6.07) is 22.6. The molecule has 186 valence electrons. The number of hydrogen-bond donors (Lipinski definition) is 3. The molecule has 1 aliphatic heterocycles. The second kappa shape index (κ2) is 10.1. The molecule has 0 amide bonds. The van der Waals surface area contributed by atoms with Gasteiger partial charge in [0, 0.05) is 31.2 Å². The van der Waals surface area contributed by atoms with Crippen molar-refractivity contribution in [1.29, 1.82) is 0 Å². The van der Waals surface area contributed by atoms with Gasteiger partial charge in [0.25, 0.3) is 0 Å². The van der Waals surface area contributed by atoms with Gasteiger partial charge in [0.1, 0.15) is 11.4 Å². The van der Waals surface area contributed by atoms with Crippen molar-refractivity contribution in [2.75, 3.05) is 19.6 Å². The van der Waals surface area contributed by atoms with Crippen LogP contribution in [0.1, 0.15) is 30.2 Å². The average Bonchev–Trinajstić information content (AvgIpc) is 3.60. The Bertz CT molecular complexity index is 1560. The predicted molar refractivity (Wildman–Crippen MR) is 149 cm³/mol. The van der Waals surface area contributed by atoms with E-state index in [1.807, 2.05) is 18.3 Å². The lowest BCUT2D eigenvalue weighted by Crippen LogP contribution is -2.31. The van der Waals surface area contributed by atoms with Gasteiger partial charge in [-0.2, -0.15) is 5.10 Å². The van der Waals surface area contributed by atoms with Gasteiger partial charge in [-0.15, -0.1) is 0 Å². The SMILES string of the molecule is CCc1cc(O)ccc1-c1ccc2c(-c3nc(C4=CCCN(CCc5ccccc5)C4)c[nH]3)n[nH]c2c1. The first kappa shape index (κ1) is 23.3. The number of rotatable bonds is 7. The van der Waals surface area contributed by atoms with E-state index in [9.17, 15) is 5.11 Å². The van der Waals surface area contributed by atoms with E-state index in [-0.39, 0.29) is 0 Å². The molecule has 6 rings (SSSR count). The van der Waals surface area contributed by atoms with Gasteiger partial charge in [0.2, 0.25) is 0 Å². The topological polar surface area (TPSA) is 80.8 Å². The van der Waals surface area contributed by atoms with Crippen LogP contribution in [0.15, 0.2) is 79.0 Å². The summed E-state index contributed by atoms with van der Waals surface area (Å²) in [4.78, 5) is 10.8. The van der Waals surface area contributed by atoms with Crippen LogP contribution in [-0.4, -0.2) is 49.8 Å². The fourth-order valence-electron chi connectivity index (χ4n) is 5.24. The Morgan fingerprint density at radius 3 is 2.78 bits per heavy atom. The highest BCUT2D eigenvalue weighted by Gasteiger charge is 2.18. The monoisotopic (exact) mass is 489 g/mol. The molecule has 0 unspecified atom stereocenters. The van der Waals surface area contributed by atoms with Crippen LogP contribution in [-0.2, 0) is 12.8 Å². The average molecular weight is 490 g/mol. The van der Waals surface area contributed by atoms with Gasteiger partial charge in [-0.1, -0.05) is 55.5 Å². The van der Waals surface area contributed by atoms with E-state index in [1.165, 1.54) is 11.1 Å². The summed E-state index contributed by atoms with van der Waals surface area (Å²) in [7, 11) is 0. The number of phenolic OH excluding ortho intramolecular Hbond substituents is 1. The van der Waals surface area contributed by atoms with Gasteiger partial charge < -0.3 is 10.1 Å². The van der Waals surface area contributed by atoms with E-state index < -0.39 is 0 Å². The fraction of sp³-hybridized carbons (Fsp3) is 0.226. The van der Waals surface area contributed by atoms with E-state index >= 15 is 0 Å². The lowest BCUT2D eigenvalue weighted by Gasteiger charge is -2.26. The molecule has 0 saturated carbocycles. The fourth-order valence-corrected chi connectivity index (χ4v) is 5.24. The number of aromatic amines is 2. The number of hydrogen-bond acceptors (Lipinski definition) is 4. The maximum Gasteiger partial charge on any atom is 0.159 e. The van der Waals surface area contributed by atoms with Crippen LogP contribution in [0.3, 0.4) is 0 Å². The van der Waals surface area contributed by atoms with Crippen LogP contribution in [0.25, 0.3) is 39.1 Å². The first-order chi connectivity index (χ1) is 18.2. The molecule has 6 heteroatoms. The summed E-state index contributed by atoms with van der Waals surface area (Å²) in [6.07, 6.45) is 7.27. The van der Waals surface area contributed by atoms with Gasteiger partial charge in [-0.25, -0.2) is 4.98 Å². The molecule has 1 aliphatic rings. The number of imidazole rings is 1. The van der Waals surface area contributed by atoms with E-state index in [4.69, 9.17) is 4.98 Å². The maximum absolute atomic E-state index is 9.87. The molecule has 2 aromatic heterocycles. The molecule has 6 nitrogen and oxygen atoms in total. The molecule has 0 saturated heterocycles. The lowest BCUT2D eigenvalue weighted by atomic mass is 9.97. The number of phenols is 1. The smallest absolute Gasteiger partial charge is 0.159 e. The van der Waals surface area contributed by atoms with E-state index in [0.29, 0.717) is 5.75 Å². The zero-order chi connectivity index (χ0) is 25.2. The van der Waals surface area contributed by atoms with Crippen LogP contribution in [0.4, 0.5) is 0 Å². The number of benzene rings is 3. The van der Waals surface area contributed by atoms with Crippen LogP contribution in [0.2, 0.25) is 0 Å². The predicted octanol–water partition coefficient (Wildman–Crippen LogP) is 6.22. The minimum absolute atomic E-state index is 0.298. The summed E-state index contributed by atoms with van der Waals surface area (Å²) >= 11 is 0.